The first-order chi connectivity index (χ1) is 15.8. The highest BCUT2D eigenvalue weighted by molar-refractivity contribution is 7.99. The smallest absolute Gasteiger partial charge is 0.398 e. The van der Waals surface area contributed by atoms with Crippen molar-refractivity contribution >= 4 is 23.4 Å². The van der Waals surface area contributed by atoms with Gasteiger partial charge in [-0.1, -0.05) is 30.3 Å². The van der Waals surface area contributed by atoms with Gasteiger partial charge in [-0.2, -0.15) is 13.2 Å². The molecule has 0 unspecified atom stereocenters. The molecule has 168 valence electrons. The maximum atomic E-state index is 12.6. The number of aromatic nitrogens is 2. The van der Waals surface area contributed by atoms with Gasteiger partial charge >= 0.3 is 6.18 Å². The van der Waals surface area contributed by atoms with Crippen molar-refractivity contribution in [2.45, 2.75) is 18.0 Å². The highest BCUT2D eigenvalue weighted by atomic mass is 32.2. The molecule has 0 saturated carbocycles. The number of amides is 1. The minimum atomic E-state index is -4.30. The number of benzene rings is 3. The molecule has 0 radical (unpaired) electrons. The van der Waals surface area contributed by atoms with E-state index in [0.717, 1.165) is 11.1 Å². The number of rotatable bonds is 6. The average molecular weight is 469 g/mol. The fourth-order valence-electron chi connectivity index (χ4n) is 3.08. The van der Waals surface area contributed by atoms with Crippen molar-refractivity contribution in [1.29, 1.82) is 0 Å². The Hall–Kier alpha value is -3.59. The van der Waals surface area contributed by atoms with E-state index in [9.17, 15) is 18.0 Å². The highest BCUT2D eigenvalue weighted by Crippen LogP contribution is 2.32. The number of hydrogen-bond acceptors (Lipinski definition) is 5. The Morgan fingerprint density at radius 1 is 0.939 bits per heavy atom. The fourth-order valence-corrected chi connectivity index (χ4v) is 3.84. The van der Waals surface area contributed by atoms with Crippen LogP contribution in [-0.4, -0.2) is 28.0 Å². The van der Waals surface area contributed by atoms with Gasteiger partial charge in [0.05, 0.1) is 11.4 Å². The second-order valence-corrected chi connectivity index (χ2v) is 8.18. The number of carbonyl (C=O) groups is 1. The third-order valence-corrected chi connectivity index (χ3v) is 5.86. The van der Waals surface area contributed by atoms with E-state index < -0.39 is 17.8 Å². The zero-order valence-corrected chi connectivity index (χ0v) is 18.2. The van der Waals surface area contributed by atoms with E-state index in [1.165, 1.54) is 6.07 Å². The summed E-state index contributed by atoms with van der Waals surface area (Å²) in [5.74, 6) is -0.761. The summed E-state index contributed by atoms with van der Waals surface area (Å²) in [6, 6.07) is 20.6. The zero-order valence-electron chi connectivity index (χ0n) is 17.4. The maximum absolute atomic E-state index is 12.6. The molecule has 0 aliphatic carbocycles. The Labute approximate surface area is 192 Å². The lowest BCUT2D eigenvalue weighted by Crippen LogP contribution is -2.14. The van der Waals surface area contributed by atoms with Crippen LogP contribution in [0.4, 0.5) is 18.9 Å². The molecule has 3 aromatic carbocycles. The van der Waals surface area contributed by atoms with Crippen LogP contribution in [0.5, 0.6) is 0 Å². The quantitative estimate of drug-likeness (QED) is 0.322. The van der Waals surface area contributed by atoms with Gasteiger partial charge in [0.25, 0.3) is 5.91 Å². The van der Waals surface area contributed by atoms with Gasteiger partial charge in [-0.25, -0.2) is 0 Å². The summed E-state index contributed by atoms with van der Waals surface area (Å²) in [5, 5.41) is 10.9. The lowest BCUT2D eigenvalue weighted by Gasteiger charge is -2.12. The third-order valence-electron chi connectivity index (χ3n) is 4.72. The van der Waals surface area contributed by atoms with Crippen molar-refractivity contribution in [3.05, 3.63) is 83.9 Å². The molecule has 0 saturated heterocycles. The predicted octanol–water partition coefficient (Wildman–Crippen LogP) is 6.62. The largest absolute Gasteiger partial charge is 0.416 e. The molecule has 1 heterocycles. The molecule has 0 fully saturated rings. The molecule has 1 N–H and O–H groups in total. The van der Waals surface area contributed by atoms with Crippen LogP contribution in [0.15, 0.2) is 82.1 Å². The first-order valence-corrected chi connectivity index (χ1v) is 10.9. The van der Waals surface area contributed by atoms with Crippen LogP contribution < -0.4 is 5.32 Å². The monoisotopic (exact) mass is 469 g/mol. The number of hydrogen-bond donors (Lipinski definition) is 1. The summed E-state index contributed by atoms with van der Waals surface area (Å²) in [5.41, 5.74) is 3.15. The molecule has 5 nitrogen and oxygen atoms in total. The Morgan fingerprint density at radius 3 is 2.33 bits per heavy atom. The van der Waals surface area contributed by atoms with Gasteiger partial charge < -0.3 is 9.73 Å². The molecule has 9 heteroatoms. The van der Waals surface area contributed by atoms with Gasteiger partial charge in [-0.3, -0.25) is 4.79 Å². The van der Waals surface area contributed by atoms with E-state index in [4.69, 9.17) is 4.42 Å². The molecule has 1 aromatic heterocycles. The predicted molar refractivity (Wildman–Crippen MR) is 121 cm³/mol. The lowest BCUT2D eigenvalue weighted by molar-refractivity contribution is -0.105. The number of thioether (sulfide) groups is 1. The van der Waals surface area contributed by atoms with Crippen LogP contribution in [0.25, 0.3) is 22.9 Å². The topological polar surface area (TPSA) is 68.0 Å². The van der Waals surface area contributed by atoms with Crippen LogP contribution in [-0.2, 0) is 0 Å². The van der Waals surface area contributed by atoms with Gasteiger partial charge in [0.15, 0.2) is 0 Å². The summed E-state index contributed by atoms with van der Waals surface area (Å²) < 4.78 is 43.5. The molecule has 4 aromatic rings. The van der Waals surface area contributed by atoms with Crippen LogP contribution in [0, 0.1) is 6.92 Å². The summed E-state index contributed by atoms with van der Waals surface area (Å²) >= 11 is 0.625. The second-order valence-electron chi connectivity index (χ2n) is 7.16. The van der Waals surface area contributed by atoms with Crippen molar-refractivity contribution < 1.29 is 22.4 Å². The first-order valence-electron chi connectivity index (χ1n) is 9.90. The highest BCUT2D eigenvalue weighted by Gasteiger charge is 2.27. The minimum Gasteiger partial charge on any atom is -0.416 e. The molecule has 0 aliphatic rings. The van der Waals surface area contributed by atoms with E-state index in [-0.39, 0.29) is 0 Å². The number of alkyl halides is 3. The minimum absolute atomic E-state index is 0.314. The van der Waals surface area contributed by atoms with Gasteiger partial charge in [-0.05, 0) is 55.0 Å². The lowest BCUT2D eigenvalue weighted by atomic mass is 10.1. The van der Waals surface area contributed by atoms with E-state index in [0.29, 0.717) is 45.3 Å². The van der Waals surface area contributed by atoms with Crippen LogP contribution >= 0.6 is 11.8 Å². The maximum Gasteiger partial charge on any atom is 0.398 e. The number of nitrogens with one attached hydrogen (secondary N) is 1. The number of carbonyl (C=O) groups excluding carboxylic acids is 1. The van der Waals surface area contributed by atoms with Gasteiger partial charge in [0, 0.05) is 21.6 Å². The molecule has 0 atom stereocenters. The standard InChI is InChI=1S/C24H18F3N3O2S/c1-15-6-2-3-7-18(15)23-30-29-22(32-23)17-12-10-16(11-13-17)21(31)28-19-8-4-5-9-20(19)33-14-24(25,26)27/h2-13H,14H2,1H3,(H,28,31). The number of para-hydroxylation sites is 1. The molecule has 0 spiro atoms. The summed E-state index contributed by atoms with van der Waals surface area (Å²) in [7, 11) is 0. The summed E-state index contributed by atoms with van der Waals surface area (Å²) in [6.07, 6.45) is -4.30. The second kappa shape index (κ2) is 9.50. The Bertz CT molecular complexity index is 1270. The van der Waals surface area contributed by atoms with Gasteiger partial charge in [0.1, 0.15) is 0 Å². The third kappa shape index (κ3) is 5.61. The van der Waals surface area contributed by atoms with Crippen molar-refractivity contribution in [3.8, 4) is 22.9 Å². The number of nitrogens with zero attached hydrogens (tertiary/aromatic N) is 2. The molecule has 4 rings (SSSR count). The van der Waals surface area contributed by atoms with E-state index in [2.05, 4.69) is 15.5 Å². The van der Waals surface area contributed by atoms with Crippen molar-refractivity contribution in [2.75, 3.05) is 11.1 Å². The normalized spacial score (nSPS) is 11.4. The first kappa shape index (κ1) is 22.6. The molecule has 0 aliphatic heterocycles. The fraction of sp³-hybridized carbons (Fsp3) is 0.125. The number of aryl methyl sites for hydroxylation is 1. The van der Waals surface area contributed by atoms with Crippen LogP contribution in [0.3, 0.4) is 0 Å². The molecule has 0 bridgehead atoms. The zero-order chi connectivity index (χ0) is 23.4. The Balaban J connectivity index is 1.47. The number of anilines is 1. The molecule has 33 heavy (non-hydrogen) atoms. The van der Waals surface area contributed by atoms with Crippen molar-refractivity contribution in [3.63, 3.8) is 0 Å². The molecular weight excluding hydrogens is 451 g/mol. The van der Waals surface area contributed by atoms with Crippen LogP contribution in [0.2, 0.25) is 0 Å². The van der Waals surface area contributed by atoms with Crippen LogP contribution in [0.1, 0.15) is 15.9 Å². The average Bonchev–Trinajstić information content (AvgIpc) is 3.28. The van der Waals surface area contributed by atoms with Gasteiger partial charge in [-0.15, -0.1) is 22.0 Å². The molecular formula is C24H18F3N3O2S. The van der Waals surface area contributed by atoms with Crippen molar-refractivity contribution in [2.24, 2.45) is 0 Å². The van der Waals surface area contributed by atoms with E-state index >= 15 is 0 Å². The Morgan fingerprint density at radius 2 is 1.61 bits per heavy atom. The SMILES string of the molecule is Cc1ccccc1-c1nnc(-c2ccc(C(=O)Nc3ccccc3SCC(F)(F)F)cc2)o1. The Kier molecular flexibility index (Phi) is 6.50. The summed E-state index contributed by atoms with van der Waals surface area (Å²) in [4.78, 5) is 13.0. The van der Waals surface area contributed by atoms with E-state index in [1.807, 2.05) is 31.2 Å². The van der Waals surface area contributed by atoms with Crippen molar-refractivity contribution in [1.82, 2.24) is 10.2 Å². The number of halogens is 3. The summed E-state index contributed by atoms with van der Waals surface area (Å²) in [6.45, 7) is 1.95. The van der Waals surface area contributed by atoms with Gasteiger partial charge in [0.2, 0.25) is 11.8 Å². The van der Waals surface area contributed by atoms with E-state index in [1.54, 1.807) is 42.5 Å². The molecule has 1 amide bonds.